The normalized spacial score (nSPS) is 24.3. The standard InChI is InChI=1S/C6H9N3O/c7-4-9-3-1-2-5(9)6(8)10/h5H,1-3H2,(H2,8,10). The smallest absolute Gasteiger partial charge is 0.240 e. The topological polar surface area (TPSA) is 70.1 Å². The Morgan fingerprint density at radius 3 is 2.90 bits per heavy atom. The van der Waals surface area contributed by atoms with Gasteiger partial charge in [-0.05, 0) is 12.8 Å². The van der Waals surface area contributed by atoms with Crippen LogP contribution in [-0.4, -0.2) is 23.4 Å². The lowest BCUT2D eigenvalue weighted by Gasteiger charge is -2.13. The number of amides is 1. The molecular formula is C6H9N3O. The maximum Gasteiger partial charge on any atom is 0.240 e. The van der Waals surface area contributed by atoms with Crippen LogP contribution < -0.4 is 5.73 Å². The summed E-state index contributed by atoms with van der Waals surface area (Å²) in [6.45, 7) is 0.671. The molecule has 0 radical (unpaired) electrons. The van der Waals surface area contributed by atoms with Gasteiger partial charge in [-0.2, -0.15) is 5.26 Å². The minimum absolute atomic E-state index is 0.343. The van der Waals surface area contributed by atoms with Gasteiger partial charge in [-0.3, -0.25) is 9.69 Å². The molecule has 0 aromatic carbocycles. The highest BCUT2D eigenvalue weighted by molar-refractivity contribution is 5.80. The number of hydrogen-bond donors (Lipinski definition) is 1. The van der Waals surface area contributed by atoms with E-state index >= 15 is 0 Å². The van der Waals surface area contributed by atoms with Crippen molar-refractivity contribution in [3.05, 3.63) is 0 Å². The molecule has 4 nitrogen and oxygen atoms in total. The number of nitriles is 1. The van der Waals surface area contributed by atoms with Crippen LogP contribution in [0.25, 0.3) is 0 Å². The Balaban J connectivity index is 2.61. The Bertz CT molecular complexity index is 184. The predicted molar refractivity (Wildman–Crippen MR) is 34.5 cm³/mol. The zero-order chi connectivity index (χ0) is 7.56. The molecule has 1 rings (SSSR count). The summed E-state index contributed by atoms with van der Waals surface area (Å²) in [6, 6.07) is -0.343. The summed E-state index contributed by atoms with van der Waals surface area (Å²) < 4.78 is 0. The average Bonchev–Trinajstić information content (AvgIpc) is 2.33. The maximum atomic E-state index is 10.6. The van der Waals surface area contributed by atoms with Crippen LogP contribution in [0.3, 0.4) is 0 Å². The van der Waals surface area contributed by atoms with Gasteiger partial charge in [0.05, 0.1) is 0 Å². The molecule has 0 aromatic rings. The van der Waals surface area contributed by atoms with Crippen LogP contribution in [0.5, 0.6) is 0 Å². The Morgan fingerprint density at radius 2 is 2.50 bits per heavy atom. The second-order valence-electron chi connectivity index (χ2n) is 2.35. The van der Waals surface area contributed by atoms with E-state index in [1.165, 1.54) is 4.90 Å². The van der Waals surface area contributed by atoms with Crippen molar-refractivity contribution in [2.24, 2.45) is 5.73 Å². The molecule has 1 unspecified atom stereocenters. The summed E-state index contributed by atoms with van der Waals surface area (Å²) in [5, 5.41) is 8.45. The van der Waals surface area contributed by atoms with Crippen LogP contribution in [0.2, 0.25) is 0 Å². The first-order valence-electron chi connectivity index (χ1n) is 3.21. The molecule has 4 heteroatoms. The van der Waals surface area contributed by atoms with Gasteiger partial charge in [0.25, 0.3) is 0 Å². The summed E-state index contributed by atoms with van der Waals surface area (Å²) in [7, 11) is 0. The molecule has 1 heterocycles. The first-order chi connectivity index (χ1) is 4.75. The van der Waals surface area contributed by atoms with Crippen molar-refractivity contribution in [2.45, 2.75) is 18.9 Å². The van der Waals surface area contributed by atoms with E-state index in [1.807, 2.05) is 6.19 Å². The van der Waals surface area contributed by atoms with Crippen molar-refractivity contribution in [3.8, 4) is 6.19 Å². The van der Waals surface area contributed by atoms with Crippen LogP contribution in [0.4, 0.5) is 0 Å². The molecule has 1 saturated heterocycles. The molecule has 0 aliphatic carbocycles. The van der Waals surface area contributed by atoms with E-state index in [2.05, 4.69) is 0 Å². The molecule has 10 heavy (non-hydrogen) atoms. The Kier molecular flexibility index (Phi) is 1.76. The Labute approximate surface area is 59.2 Å². The van der Waals surface area contributed by atoms with E-state index < -0.39 is 0 Å². The molecule has 1 aliphatic rings. The fourth-order valence-electron chi connectivity index (χ4n) is 1.18. The van der Waals surface area contributed by atoms with Gasteiger partial charge >= 0.3 is 0 Å². The van der Waals surface area contributed by atoms with E-state index in [0.717, 1.165) is 12.8 Å². The Morgan fingerprint density at radius 1 is 1.80 bits per heavy atom. The SMILES string of the molecule is N#CN1CCCC1C(N)=O. The van der Waals surface area contributed by atoms with Crippen LogP contribution in [0, 0.1) is 11.5 Å². The quantitative estimate of drug-likeness (QED) is 0.494. The third-order valence-corrected chi connectivity index (χ3v) is 1.71. The molecule has 0 spiro atoms. The molecule has 1 amide bonds. The summed E-state index contributed by atoms with van der Waals surface area (Å²) in [4.78, 5) is 12.0. The average molecular weight is 139 g/mol. The summed E-state index contributed by atoms with van der Waals surface area (Å²) >= 11 is 0. The molecular weight excluding hydrogens is 130 g/mol. The van der Waals surface area contributed by atoms with Crippen molar-refractivity contribution in [1.82, 2.24) is 4.90 Å². The van der Waals surface area contributed by atoms with Gasteiger partial charge in [-0.25, -0.2) is 0 Å². The van der Waals surface area contributed by atoms with Crippen molar-refractivity contribution < 1.29 is 4.79 Å². The highest BCUT2D eigenvalue weighted by Crippen LogP contribution is 2.14. The molecule has 0 bridgehead atoms. The lowest BCUT2D eigenvalue weighted by Crippen LogP contribution is -2.37. The lowest BCUT2D eigenvalue weighted by atomic mass is 10.2. The molecule has 1 atom stereocenters. The number of rotatable bonds is 1. The minimum atomic E-state index is -0.390. The second kappa shape index (κ2) is 2.56. The number of primary amides is 1. The highest BCUT2D eigenvalue weighted by atomic mass is 16.1. The third-order valence-electron chi connectivity index (χ3n) is 1.71. The second-order valence-corrected chi connectivity index (χ2v) is 2.35. The highest BCUT2D eigenvalue weighted by Gasteiger charge is 2.27. The van der Waals surface area contributed by atoms with Crippen LogP contribution in [0.1, 0.15) is 12.8 Å². The largest absolute Gasteiger partial charge is 0.368 e. The van der Waals surface area contributed by atoms with E-state index in [9.17, 15) is 4.79 Å². The van der Waals surface area contributed by atoms with Crippen LogP contribution in [-0.2, 0) is 4.79 Å². The van der Waals surface area contributed by atoms with Gasteiger partial charge < -0.3 is 5.73 Å². The fourth-order valence-corrected chi connectivity index (χ4v) is 1.18. The summed E-state index contributed by atoms with van der Waals surface area (Å²) in [5.41, 5.74) is 5.03. The number of nitrogens with zero attached hydrogens (tertiary/aromatic N) is 2. The first kappa shape index (κ1) is 6.87. The minimum Gasteiger partial charge on any atom is -0.368 e. The zero-order valence-corrected chi connectivity index (χ0v) is 5.58. The first-order valence-corrected chi connectivity index (χ1v) is 3.21. The monoisotopic (exact) mass is 139 g/mol. The summed E-state index contributed by atoms with van der Waals surface area (Å²) in [5.74, 6) is -0.390. The van der Waals surface area contributed by atoms with Crippen molar-refractivity contribution in [3.63, 3.8) is 0 Å². The molecule has 54 valence electrons. The lowest BCUT2D eigenvalue weighted by molar-refractivity contribution is -0.121. The number of carbonyl (C=O) groups is 1. The van der Waals surface area contributed by atoms with Gasteiger partial charge in [0.1, 0.15) is 6.04 Å². The Hall–Kier alpha value is -1.24. The molecule has 0 saturated carbocycles. The van der Waals surface area contributed by atoms with E-state index in [1.54, 1.807) is 0 Å². The summed E-state index contributed by atoms with van der Waals surface area (Å²) in [6.07, 6.45) is 3.54. The maximum absolute atomic E-state index is 10.6. The van der Waals surface area contributed by atoms with Crippen molar-refractivity contribution in [2.75, 3.05) is 6.54 Å². The van der Waals surface area contributed by atoms with Gasteiger partial charge in [-0.1, -0.05) is 0 Å². The zero-order valence-electron chi connectivity index (χ0n) is 5.58. The van der Waals surface area contributed by atoms with E-state index in [0.29, 0.717) is 6.54 Å². The van der Waals surface area contributed by atoms with Gasteiger partial charge in [0.15, 0.2) is 6.19 Å². The van der Waals surface area contributed by atoms with Crippen molar-refractivity contribution in [1.29, 1.82) is 5.26 Å². The van der Waals surface area contributed by atoms with Crippen LogP contribution >= 0.6 is 0 Å². The number of nitrogens with two attached hydrogens (primary N) is 1. The molecule has 2 N–H and O–H groups in total. The van der Waals surface area contributed by atoms with Crippen LogP contribution in [0.15, 0.2) is 0 Å². The van der Waals surface area contributed by atoms with Gasteiger partial charge in [0, 0.05) is 6.54 Å². The molecule has 0 aromatic heterocycles. The fraction of sp³-hybridized carbons (Fsp3) is 0.667. The third kappa shape index (κ3) is 1.03. The van der Waals surface area contributed by atoms with Gasteiger partial charge in [-0.15, -0.1) is 0 Å². The van der Waals surface area contributed by atoms with Gasteiger partial charge in [0.2, 0.25) is 5.91 Å². The number of hydrogen-bond acceptors (Lipinski definition) is 3. The molecule has 1 aliphatic heterocycles. The molecule has 1 fully saturated rings. The number of likely N-dealkylation sites (tertiary alicyclic amines) is 1. The van der Waals surface area contributed by atoms with E-state index in [4.69, 9.17) is 11.0 Å². The number of carbonyl (C=O) groups excluding carboxylic acids is 1. The predicted octanol–water partition coefficient (Wildman–Crippen LogP) is -0.583. The van der Waals surface area contributed by atoms with Crippen molar-refractivity contribution >= 4 is 5.91 Å². The van der Waals surface area contributed by atoms with E-state index in [-0.39, 0.29) is 11.9 Å².